The van der Waals surface area contributed by atoms with Crippen LogP contribution in [0.1, 0.15) is 39.9 Å². The summed E-state index contributed by atoms with van der Waals surface area (Å²) in [5.74, 6) is 1.66. The molecule has 0 aliphatic carbocycles. The third-order valence-corrected chi connectivity index (χ3v) is 7.35. The van der Waals surface area contributed by atoms with Crippen molar-refractivity contribution >= 4 is 22.6 Å². The van der Waals surface area contributed by atoms with Gasteiger partial charge in [-0.3, -0.25) is 4.79 Å². The van der Waals surface area contributed by atoms with Gasteiger partial charge in [-0.2, -0.15) is 0 Å². The molecule has 0 radical (unpaired) electrons. The molecule has 2 aliphatic rings. The average Bonchev–Trinajstić information content (AvgIpc) is 3.47. The summed E-state index contributed by atoms with van der Waals surface area (Å²) in [6, 6.07) is 14.4. The lowest BCUT2D eigenvalue weighted by molar-refractivity contribution is 0.0792. The zero-order valence-electron chi connectivity index (χ0n) is 20.7. The quantitative estimate of drug-likeness (QED) is 0.418. The third-order valence-electron chi connectivity index (χ3n) is 7.35. The summed E-state index contributed by atoms with van der Waals surface area (Å²) in [4.78, 5) is 31.0. The summed E-state index contributed by atoms with van der Waals surface area (Å²) in [5.41, 5.74) is 7.43. The number of hydrogen-bond acceptors (Lipinski definition) is 6. The zero-order chi connectivity index (χ0) is 24.6. The Morgan fingerprint density at radius 2 is 1.78 bits per heavy atom. The Kier molecular flexibility index (Phi) is 5.76. The molecule has 0 atom stereocenters. The molecule has 0 N–H and O–H groups in total. The highest BCUT2D eigenvalue weighted by Crippen LogP contribution is 2.33. The van der Waals surface area contributed by atoms with E-state index < -0.39 is 0 Å². The molecule has 1 fully saturated rings. The lowest BCUT2D eigenvalue weighted by Gasteiger charge is -2.31. The van der Waals surface area contributed by atoms with Crippen LogP contribution in [0.3, 0.4) is 0 Å². The van der Waals surface area contributed by atoms with Crippen molar-refractivity contribution in [2.45, 2.75) is 32.7 Å². The Bertz CT molecular complexity index is 1440. The molecular formula is C29H29N5O2. The number of carbonyl (C=O) groups excluding carboxylic acids is 1. The predicted octanol–water partition coefficient (Wildman–Crippen LogP) is 4.81. The molecule has 36 heavy (non-hydrogen) atoms. The van der Waals surface area contributed by atoms with E-state index in [1.165, 1.54) is 11.1 Å². The number of anilines is 1. The molecule has 7 nitrogen and oxygen atoms in total. The highest BCUT2D eigenvalue weighted by atomic mass is 16.5. The molecule has 0 bridgehead atoms. The first-order valence-corrected chi connectivity index (χ1v) is 12.5. The minimum absolute atomic E-state index is 0.147. The fourth-order valence-corrected chi connectivity index (χ4v) is 5.40. The largest absolute Gasteiger partial charge is 0.481 e. The number of nitrogens with zero attached hydrogens (tertiary/aromatic N) is 5. The van der Waals surface area contributed by atoms with Gasteiger partial charge >= 0.3 is 0 Å². The van der Waals surface area contributed by atoms with Crippen molar-refractivity contribution in [2.75, 3.05) is 31.6 Å². The minimum atomic E-state index is 0.147. The van der Waals surface area contributed by atoms with Gasteiger partial charge in [0.2, 0.25) is 5.88 Å². The zero-order valence-corrected chi connectivity index (χ0v) is 20.7. The first kappa shape index (κ1) is 22.5. The number of benzene rings is 2. The second-order valence-electron chi connectivity index (χ2n) is 9.63. The first-order chi connectivity index (χ1) is 17.6. The first-order valence-electron chi connectivity index (χ1n) is 12.5. The second-order valence-corrected chi connectivity index (χ2v) is 9.63. The van der Waals surface area contributed by atoms with E-state index in [-0.39, 0.29) is 5.91 Å². The molecule has 7 heteroatoms. The molecule has 6 rings (SSSR count). The van der Waals surface area contributed by atoms with Crippen molar-refractivity contribution in [3.05, 3.63) is 77.2 Å². The molecule has 182 valence electrons. The van der Waals surface area contributed by atoms with Gasteiger partial charge in [0.25, 0.3) is 5.91 Å². The number of rotatable bonds is 4. The number of aryl methyl sites for hydroxylation is 1. The number of pyridine rings is 1. The SMILES string of the molecule is COc1ccc(-c2cc(C)c3ncnc(N4CCc5ccc(C(=O)N6CCCC6)cc5C4)c3c2)cn1. The summed E-state index contributed by atoms with van der Waals surface area (Å²) in [5, 5.41) is 1.02. The molecule has 1 saturated heterocycles. The summed E-state index contributed by atoms with van der Waals surface area (Å²) < 4.78 is 5.22. The van der Waals surface area contributed by atoms with Crippen LogP contribution in [-0.4, -0.2) is 52.5 Å². The Morgan fingerprint density at radius 1 is 0.917 bits per heavy atom. The molecular weight excluding hydrogens is 450 g/mol. The molecule has 1 amide bonds. The number of methoxy groups -OCH3 is 1. The molecule has 0 saturated carbocycles. The van der Waals surface area contributed by atoms with Crippen LogP contribution in [0, 0.1) is 6.92 Å². The average molecular weight is 480 g/mol. The lowest BCUT2D eigenvalue weighted by Crippen LogP contribution is -2.32. The fourth-order valence-electron chi connectivity index (χ4n) is 5.40. The standard InChI is InChI=1S/C29H29N5O2/c1-19-13-23(22-7-8-26(36-2)30-16-22)15-25-27(19)31-18-32-28(25)34-12-9-20-5-6-21(14-24(20)17-34)29(35)33-10-3-4-11-33/h5-8,13-16,18H,3-4,9-12,17H2,1-2H3. The molecule has 4 heterocycles. The highest BCUT2D eigenvalue weighted by molar-refractivity contribution is 5.96. The number of amides is 1. The van der Waals surface area contributed by atoms with Crippen molar-refractivity contribution in [1.82, 2.24) is 19.9 Å². The van der Waals surface area contributed by atoms with E-state index >= 15 is 0 Å². The summed E-state index contributed by atoms with van der Waals surface area (Å²) in [6.07, 6.45) is 6.60. The maximum atomic E-state index is 13.0. The van der Waals surface area contributed by atoms with Gasteiger partial charge in [-0.1, -0.05) is 6.07 Å². The van der Waals surface area contributed by atoms with Crippen LogP contribution in [0.4, 0.5) is 5.82 Å². The van der Waals surface area contributed by atoms with E-state index in [2.05, 4.69) is 46.1 Å². The Balaban J connectivity index is 1.35. The van der Waals surface area contributed by atoms with E-state index in [9.17, 15) is 4.79 Å². The van der Waals surface area contributed by atoms with Crippen molar-refractivity contribution < 1.29 is 9.53 Å². The van der Waals surface area contributed by atoms with Gasteiger partial charge in [0.05, 0.1) is 12.6 Å². The number of ether oxygens (including phenoxy) is 1. The van der Waals surface area contributed by atoms with Gasteiger partial charge in [-0.25, -0.2) is 15.0 Å². The van der Waals surface area contributed by atoms with Crippen molar-refractivity contribution in [1.29, 1.82) is 0 Å². The van der Waals surface area contributed by atoms with Crippen molar-refractivity contribution in [3.63, 3.8) is 0 Å². The van der Waals surface area contributed by atoms with Crippen molar-refractivity contribution in [3.8, 4) is 17.0 Å². The van der Waals surface area contributed by atoms with Gasteiger partial charge in [0.1, 0.15) is 12.1 Å². The number of hydrogen-bond donors (Lipinski definition) is 0. The van der Waals surface area contributed by atoms with E-state index in [0.717, 1.165) is 84.4 Å². The van der Waals surface area contributed by atoms with Crippen LogP contribution < -0.4 is 9.64 Å². The number of fused-ring (bicyclic) bond motifs is 2. The second kappa shape index (κ2) is 9.22. The highest BCUT2D eigenvalue weighted by Gasteiger charge is 2.24. The Hall–Kier alpha value is -4.00. The van der Waals surface area contributed by atoms with E-state index in [4.69, 9.17) is 9.72 Å². The van der Waals surface area contributed by atoms with E-state index in [0.29, 0.717) is 5.88 Å². The maximum absolute atomic E-state index is 13.0. The van der Waals surface area contributed by atoms with Gasteiger partial charge in [0, 0.05) is 55.0 Å². The topological polar surface area (TPSA) is 71.5 Å². The van der Waals surface area contributed by atoms with Crippen LogP contribution in [0.2, 0.25) is 0 Å². The molecule has 2 aromatic carbocycles. The van der Waals surface area contributed by atoms with Crippen LogP contribution in [0.25, 0.3) is 22.0 Å². The molecule has 4 aromatic rings. The van der Waals surface area contributed by atoms with Crippen LogP contribution in [-0.2, 0) is 13.0 Å². The Morgan fingerprint density at radius 3 is 2.56 bits per heavy atom. The Labute approximate surface area is 210 Å². The molecule has 2 aromatic heterocycles. The van der Waals surface area contributed by atoms with Gasteiger partial charge in [-0.05, 0) is 78.8 Å². The maximum Gasteiger partial charge on any atom is 0.253 e. The monoisotopic (exact) mass is 479 g/mol. The lowest BCUT2D eigenvalue weighted by atomic mass is 9.96. The van der Waals surface area contributed by atoms with Crippen molar-refractivity contribution in [2.24, 2.45) is 0 Å². The minimum Gasteiger partial charge on any atom is -0.481 e. The van der Waals surface area contributed by atoms with Crippen LogP contribution in [0.15, 0.2) is 55.0 Å². The number of aromatic nitrogens is 3. The number of likely N-dealkylation sites (tertiary alicyclic amines) is 1. The summed E-state index contributed by atoms with van der Waals surface area (Å²) in [6.45, 7) is 5.39. The number of carbonyl (C=O) groups is 1. The van der Waals surface area contributed by atoms with E-state index in [1.807, 2.05) is 29.3 Å². The fraction of sp³-hybridized carbons (Fsp3) is 0.310. The molecule has 2 aliphatic heterocycles. The summed E-state index contributed by atoms with van der Waals surface area (Å²) >= 11 is 0. The third kappa shape index (κ3) is 4.04. The van der Waals surface area contributed by atoms with Gasteiger partial charge < -0.3 is 14.5 Å². The predicted molar refractivity (Wildman–Crippen MR) is 140 cm³/mol. The van der Waals surface area contributed by atoms with Gasteiger partial charge in [0.15, 0.2) is 0 Å². The molecule has 0 spiro atoms. The van der Waals surface area contributed by atoms with Gasteiger partial charge in [-0.15, -0.1) is 0 Å². The van der Waals surface area contributed by atoms with E-state index in [1.54, 1.807) is 13.4 Å². The molecule has 0 unspecified atom stereocenters. The smallest absolute Gasteiger partial charge is 0.253 e. The summed E-state index contributed by atoms with van der Waals surface area (Å²) in [7, 11) is 1.62. The normalized spacial score (nSPS) is 15.3. The van der Waals surface area contributed by atoms with Crippen LogP contribution in [0.5, 0.6) is 5.88 Å². The van der Waals surface area contributed by atoms with Crippen LogP contribution >= 0.6 is 0 Å².